The van der Waals surface area contributed by atoms with Gasteiger partial charge in [0.2, 0.25) is 0 Å². The van der Waals surface area contributed by atoms with Crippen molar-refractivity contribution in [3.63, 3.8) is 0 Å². The van der Waals surface area contributed by atoms with Crippen molar-refractivity contribution in [1.29, 1.82) is 0 Å². The number of quaternary nitrogens is 1. The predicted molar refractivity (Wildman–Crippen MR) is 83.5 cm³/mol. The second-order valence-corrected chi connectivity index (χ2v) is 6.32. The van der Waals surface area contributed by atoms with Crippen LogP contribution in [0.15, 0.2) is 30.3 Å². The van der Waals surface area contributed by atoms with E-state index in [1.54, 1.807) is 0 Å². The van der Waals surface area contributed by atoms with Crippen molar-refractivity contribution >= 4 is 17.6 Å². The second kappa shape index (κ2) is 6.36. The lowest BCUT2D eigenvalue weighted by molar-refractivity contribution is -0.934. The van der Waals surface area contributed by atoms with E-state index in [0.29, 0.717) is 18.6 Å². The first-order valence-electron chi connectivity index (χ1n) is 7.88. The molecule has 118 valence electrons. The fourth-order valence-corrected chi connectivity index (χ4v) is 3.91. The highest BCUT2D eigenvalue weighted by atomic mass is 16.2. The van der Waals surface area contributed by atoms with Crippen LogP contribution >= 0.6 is 0 Å². The van der Waals surface area contributed by atoms with Gasteiger partial charge in [-0.1, -0.05) is 18.2 Å². The van der Waals surface area contributed by atoms with Gasteiger partial charge in [0.25, 0.3) is 5.91 Å². The third kappa shape index (κ3) is 3.39. The number of urea groups is 1. The lowest BCUT2D eigenvalue weighted by Crippen LogP contribution is -3.19. The average Bonchev–Trinajstić information content (AvgIpc) is 2.70. The number of carbonyl (C=O) groups excluding carboxylic acids is 2. The maximum absolute atomic E-state index is 12.1. The van der Waals surface area contributed by atoms with Gasteiger partial charge in [0, 0.05) is 37.4 Å². The van der Waals surface area contributed by atoms with Crippen molar-refractivity contribution in [3.05, 3.63) is 30.3 Å². The molecule has 2 aliphatic heterocycles. The summed E-state index contributed by atoms with van der Waals surface area (Å²) in [4.78, 5) is 24.6. The third-order valence-corrected chi connectivity index (χ3v) is 4.80. The lowest BCUT2D eigenvalue weighted by atomic mass is 9.97. The van der Waals surface area contributed by atoms with E-state index < -0.39 is 0 Å². The Kier molecular flexibility index (Phi) is 4.29. The molecule has 0 aliphatic carbocycles. The van der Waals surface area contributed by atoms with E-state index in [1.807, 2.05) is 30.3 Å². The molecule has 0 spiro atoms. The van der Waals surface area contributed by atoms with Crippen LogP contribution in [0.5, 0.6) is 0 Å². The summed E-state index contributed by atoms with van der Waals surface area (Å²) in [6, 6.07) is 10.3. The minimum atomic E-state index is -0.236. The van der Waals surface area contributed by atoms with Crippen LogP contribution in [0.4, 0.5) is 10.5 Å². The number of carbonyl (C=O) groups is 2. The van der Waals surface area contributed by atoms with Gasteiger partial charge in [-0.25, -0.2) is 4.79 Å². The zero-order valence-corrected chi connectivity index (χ0v) is 12.5. The monoisotopic (exact) mass is 303 g/mol. The van der Waals surface area contributed by atoms with Crippen molar-refractivity contribution in [3.8, 4) is 0 Å². The number of benzene rings is 1. The number of anilines is 1. The van der Waals surface area contributed by atoms with Gasteiger partial charge in [0.15, 0.2) is 6.54 Å². The van der Waals surface area contributed by atoms with E-state index >= 15 is 0 Å². The summed E-state index contributed by atoms with van der Waals surface area (Å²) in [5.41, 5.74) is 6.13. The Bertz CT molecular complexity index is 534. The van der Waals surface area contributed by atoms with Gasteiger partial charge in [-0.05, 0) is 12.1 Å². The first-order valence-corrected chi connectivity index (χ1v) is 7.88. The van der Waals surface area contributed by atoms with Gasteiger partial charge >= 0.3 is 6.03 Å². The predicted octanol–water partition coefficient (Wildman–Crippen LogP) is -0.128. The Morgan fingerprint density at radius 1 is 1.14 bits per heavy atom. The Balaban J connectivity index is 1.53. The van der Waals surface area contributed by atoms with E-state index in [-0.39, 0.29) is 18.0 Å². The van der Waals surface area contributed by atoms with Gasteiger partial charge in [0.05, 0.1) is 12.1 Å². The molecule has 6 nitrogen and oxygen atoms in total. The van der Waals surface area contributed by atoms with Gasteiger partial charge in [-0.2, -0.15) is 0 Å². The maximum atomic E-state index is 12.1. The number of piperidine rings is 1. The summed E-state index contributed by atoms with van der Waals surface area (Å²) in [6.45, 7) is 0.415. The van der Waals surface area contributed by atoms with Crippen molar-refractivity contribution in [2.45, 2.75) is 43.8 Å². The molecular weight excluding hydrogens is 280 g/mol. The largest absolute Gasteiger partial charge is 0.365 e. The van der Waals surface area contributed by atoms with Crippen LogP contribution in [0.2, 0.25) is 0 Å². The smallest absolute Gasteiger partial charge is 0.319 e. The Labute approximate surface area is 130 Å². The minimum Gasteiger partial charge on any atom is -0.365 e. The number of rotatable bonds is 4. The molecule has 3 amide bonds. The van der Waals surface area contributed by atoms with E-state index in [1.165, 1.54) is 4.90 Å². The third-order valence-electron chi connectivity index (χ3n) is 4.80. The molecule has 2 heterocycles. The van der Waals surface area contributed by atoms with Gasteiger partial charge in [0.1, 0.15) is 0 Å². The summed E-state index contributed by atoms with van der Waals surface area (Å²) in [5.74, 6) is -0.236. The van der Waals surface area contributed by atoms with E-state index in [9.17, 15) is 9.59 Å². The molecule has 2 fully saturated rings. The first-order chi connectivity index (χ1) is 10.6. The molecule has 3 rings (SSSR count). The molecule has 5 N–H and O–H groups in total. The summed E-state index contributed by atoms with van der Waals surface area (Å²) in [5, 5.41) is 5.91. The number of amides is 3. The quantitative estimate of drug-likeness (QED) is 0.624. The molecule has 1 aromatic rings. The molecule has 0 saturated carbocycles. The van der Waals surface area contributed by atoms with Gasteiger partial charge in [-0.3, -0.25) is 4.79 Å². The standard InChI is InChI=1S/C16H22N4O2/c17-15(21)10-20-13-6-7-14(20)9-12(8-13)19-16(22)18-11-4-2-1-3-5-11/h1-5,12-14H,6-10H2,(H2,17,21)(H2,18,19,22)/p+1/t12?,13-,14+. The summed E-state index contributed by atoms with van der Waals surface area (Å²) < 4.78 is 0. The zero-order chi connectivity index (χ0) is 15.5. The van der Waals surface area contributed by atoms with Crippen LogP contribution in [-0.2, 0) is 4.79 Å². The number of primary amides is 1. The van der Waals surface area contributed by atoms with Crippen molar-refractivity contribution < 1.29 is 14.5 Å². The highest BCUT2D eigenvalue weighted by Gasteiger charge is 2.45. The lowest BCUT2D eigenvalue weighted by Gasteiger charge is -2.35. The fraction of sp³-hybridized carbons (Fsp3) is 0.500. The minimum absolute atomic E-state index is 0.158. The maximum Gasteiger partial charge on any atom is 0.319 e. The van der Waals surface area contributed by atoms with E-state index in [2.05, 4.69) is 10.6 Å². The van der Waals surface area contributed by atoms with Crippen LogP contribution in [0.1, 0.15) is 25.7 Å². The Morgan fingerprint density at radius 2 is 1.77 bits per heavy atom. The molecule has 2 saturated heterocycles. The summed E-state index contributed by atoms with van der Waals surface area (Å²) in [6.07, 6.45) is 4.07. The molecular formula is C16H23N4O2+. The summed E-state index contributed by atoms with van der Waals surface area (Å²) in [7, 11) is 0. The highest BCUT2D eigenvalue weighted by Crippen LogP contribution is 2.22. The number of fused-ring (bicyclic) bond motifs is 2. The normalized spacial score (nSPS) is 29.8. The van der Waals surface area contributed by atoms with Crippen LogP contribution < -0.4 is 21.3 Å². The second-order valence-electron chi connectivity index (χ2n) is 6.32. The molecule has 4 atom stereocenters. The van der Waals surface area contributed by atoms with Crippen LogP contribution in [0.3, 0.4) is 0 Å². The Hall–Kier alpha value is -2.08. The first kappa shape index (κ1) is 14.8. The molecule has 0 radical (unpaired) electrons. The van der Waals surface area contributed by atoms with Crippen molar-refractivity contribution in [1.82, 2.24) is 5.32 Å². The van der Waals surface area contributed by atoms with Crippen LogP contribution in [0.25, 0.3) is 0 Å². The van der Waals surface area contributed by atoms with Crippen molar-refractivity contribution in [2.24, 2.45) is 5.73 Å². The number of nitrogens with one attached hydrogen (secondary N) is 3. The van der Waals surface area contributed by atoms with Gasteiger partial charge < -0.3 is 21.3 Å². The average molecular weight is 303 g/mol. The van der Waals surface area contributed by atoms with Crippen molar-refractivity contribution in [2.75, 3.05) is 11.9 Å². The fourth-order valence-electron chi connectivity index (χ4n) is 3.91. The molecule has 6 heteroatoms. The zero-order valence-electron chi connectivity index (χ0n) is 12.5. The van der Waals surface area contributed by atoms with Crippen LogP contribution in [0, 0.1) is 0 Å². The highest BCUT2D eigenvalue weighted by molar-refractivity contribution is 5.89. The van der Waals surface area contributed by atoms with E-state index in [4.69, 9.17) is 5.73 Å². The molecule has 0 aromatic heterocycles. The van der Waals surface area contributed by atoms with E-state index in [0.717, 1.165) is 31.4 Å². The van der Waals surface area contributed by atoms with Gasteiger partial charge in [-0.15, -0.1) is 0 Å². The molecule has 2 aliphatic rings. The number of hydrogen-bond donors (Lipinski definition) is 4. The topological polar surface area (TPSA) is 88.7 Å². The number of hydrogen-bond acceptors (Lipinski definition) is 2. The summed E-state index contributed by atoms with van der Waals surface area (Å²) >= 11 is 0. The molecule has 22 heavy (non-hydrogen) atoms. The van der Waals surface area contributed by atoms with Crippen LogP contribution in [-0.4, -0.2) is 36.6 Å². The molecule has 2 bridgehead atoms. The Morgan fingerprint density at radius 3 is 2.36 bits per heavy atom. The number of para-hydroxylation sites is 1. The molecule has 2 unspecified atom stereocenters. The SMILES string of the molecule is NC(=O)C[NH+]1[C@@H]2CC[C@H]1CC(NC(=O)Nc1ccccc1)C2. The molecule has 1 aromatic carbocycles. The number of nitrogens with two attached hydrogens (primary N) is 1.